The predicted octanol–water partition coefficient (Wildman–Crippen LogP) is 2.24. The zero-order valence-electron chi connectivity index (χ0n) is 12.6. The smallest absolute Gasteiger partial charge is 0.323 e. The Morgan fingerprint density at radius 1 is 1.20 bits per heavy atom. The first-order valence-corrected chi connectivity index (χ1v) is 8.34. The highest BCUT2D eigenvalue weighted by Crippen LogP contribution is 2.37. The molecule has 3 unspecified atom stereocenters. The van der Waals surface area contributed by atoms with E-state index in [1.165, 1.54) is 19.3 Å². The van der Waals surface area contributed by atoms with Crippen LogP contribution in [-0.2, 0) is 4.79 Å². The molecule has 0 spiro atoms. The van der Waals surface area contributed by atoms with Gasteiger partial charge in [0.1, 0.15) is 5.54 Å². The average Bonchev–Trinajstić information content (AvgIpc) is 3.14. The van der Waals surface area contributed by atoms with Gasteiger partial charge in [0, 0.05) is 12.1 Å². The van der Waals surface area contributed by atoms with E-state index in [0.29, 0.717) is 12.1 Å². The van der Waals surface area contributed by atoms with Crippen LogP contribution in [0.25, 0.3) is 0 Å². The van der Waals surface area contributed by atoms with Gasteiger partial charge in [-0.2, -0.15) is 0 Å². The Labute approximate surface area is 121 Å². The number of rotatable bonds is 4. The van der Waals surface area contributed by atoms with Crippen LogP contribution in [0.15, 0.2) is 0 Å². The molecular weight excluding hydrogens is 252 g/mol. The number of likely N-dealkylation sites (tertiary alicyclic amines) is 1. The van der Waals surface area contributed by atoms with Crippen LogP contribution in [0.5, 0.6) is 0 Å². The molecule has 4 heteroatoms. The fourth-order valence-electron chi connectivity index (χ4n) is 3.99. The fraction of sp³-hybridized carbons (Fsp3) is 0.938. The van der Waals surface area contributed by atoms with Gasteiger partial charge in [-0.05, 0) is 70.4 Å². The largest absolute Gasteiger partial charge is 0.480 e. The summed E-state index contributed by atoms with van der Waals surface area (Å²) in [6, 6.07) is 0.941. The second kappa shape index (κ2) is 5.64. The van der Waals surface area contributed by atoms with E-state index in [-0.39, 0.29) is 0 Å². The van der Waals surface area contributed by atoms with E-state index in [1.54, 1.807) is 0 Å². The highest BCUT2D eigenvalue weighted by atomic mass is 16.4. The van der Waals surface area contributed by atoms with Crippen molar-refractivity contribution in [2.75, 3.05) is 13.1 Å². The summed E-state index contributed by atoms with van der Waals surface area (Å²) in [5, 5.41) is 13.1. The van der Waals surface area contributed by atoms with Gasteiger partial charge in [-0.25, -0.2) is 0 Å². The van der Waals surface area contributed by atoms with Crippen molar-refractivity contribution in [3.05, 3.63) is 0 Å². The molecule has 0 radical (unpaired) electrons. The van der Waals surface area contributed by atoms with E-state index < -0.39 is 11.5 Å². The average molecular weight is 280 g/mol. The third-order valence-electron chi connectivity index (χ3n) is 5.52. The predicted molar refractivity (Wildman–Crippen MR) is 78.8 cm³/mol. The van der Waals surface area contributed by atoms with Crippen molar-refractivity contribution in [1.29, 1.82) is 0 Å². The lowest BCUT2D eigenvalue weighted by Gasteiger charge is -2.30. The lowest BCUT2D eigenvalue weighted by atomic mass is 9.97. The maximum Gasteiger partial charge on any atom is 0.323 e. The van der Waals surface area contributed by atoms with E-state index in [0.717, 1.165) is 51.1 Å². The molecule has 3 fully saturated rings. The molecule has 2 aliphatic carbocycles. The zero-order chi connectivity index (χ0) is 14.2. The number of aliphatic carboxylic acids is 1. The summed E-state index contributed by atoms with van der Waals surface area (Å²) < 4.78 is 0. The van der Waals surface area contributed by atoms with Gasteiger partial charge >= 0.3 is 5.97 Å². The van der Waals surface area contributed by atoms with Crippen LogP contribution >= 0.6 is 0 Å². The summed E-state index contributed by atoms with van der Waals surface area (Å²) in [4.78, 5) is 14.3. The van der Waals surface area contributed by atoms with Crippen molar-refractivity contribution in [2.45, 2.75) is 75.9 Å². The Morgan fingerprint density at radius 2 is 2.00 bits per heavy atom. The molecule has 0 aromatic heterocycles. The van der Waals surface area contributed by atoms with Crippen molar-refractivity contribution >= 4 is 5.97 Å². The minimum Gasteiger partial charge on any atom is -0.480 e. The molecule has 20 heavy (non-hydrogen) atoms. The monoisotopic (exact) mass is 280 g/mol. The normalized spacial score (nSPS) is 39.6. The van der Waals surface area contributed by atoms with Gasteiger partial charge in [0.2, 0.25) is 0 Å². The van der Waals surface area contributed by atoms with E-state index in [4.69, 9.17) is 0 Å². The number of nitrogens with one attached hydrogen (secondary N) is 1. The van der Waals surface area contributed by atoms with Gasteiger partial charge in [-0.1, -0.05) is 6.92 Å². The van der Waals surface area contributed by atoms with E-state index in [9.17, 15) is 9.90 Å². The first kappa shape index (κ1) is 14.3. The first-order chi connectivity index (χ1) is 9.59. The van der Waals surface area contributed by atoms with Gasteiger partial charge in [0.15, 0.2) is 0 Å². The molecule has 3 atom stereocenters. The third kappa shape index (κ3) is 3.01. The molecule has 1 aliphatic heterocycles. The molecule has 2 saturated carbocycles. The maximum atomic E-state index is 11.8. The summed E-state index contributed by atoms with van der Waals surface area (Å²) >= 11 is 0. The Hall–Kier alpha value is -0.610. The van der Waals surface area contributed by atoms with Crippen LogP contribution in [0.3, 0.4) is 0 Å². The second-order valence-corrected chi connectivity index (χ2v) is 7.27. The second-order valence-electron chi connectivity index (χ2n) is 7.27. The van der Waals surface area contributed by atoms with Crippen LogP contribution in [-0.4, -0.2) is 46.7 Å². The van der Waals surface area contributed by atoms with Crippen LogP contribution < -0.4 is 5.32 Å². The Balaban J connectivity index is 1.63. The van der Waals surface area contributed by atoms with Crippen molar-refractivity contribution in [3.8, 4) is 0 Å². The number of carbonyl (C=O) groups is 1. The molecule has 3 aliphatic rings. The Kier molecular flexibility index (Phi) is 4.04. The summed E-state index contributed by atoms with van der Waals surface area (Å²) in [5.74, 6) is 0.199. The summed E-state index contributed by atoms with van der Waals surface area (Å²) in [5.41, 5.74) is -0.635. The quantitative estimate of drug-likeness (QED) is 0.829. The molecule has 114 valence electrons. The van der Waals surface area contributed by atoms with Gasteiger partial charge < -0.3 is 10.0 Å². The number of nitrogens with zero attached hydrogens (tertiary/aromatic N) is 1. The zero-order valence-corrected chi connectivity index (χ0v) is 12.6. The fourth-order valence-corrected chi connectivity index (χ4v) is 3.99. The van der Waals surface area contributed by atoms with E-state index in [1.807, 2.05) is 0 Å². The molecular formula is C16H28N2O2. The van der Waals surface area contributed by atoms with Gasteiger partial charge in [0.25, 0.3) is 0 Å². The number of hydrogen-bond acceptors (Lipinski definition) is 3. The van der Waals surface area contributed by atoms with E-state index >= 15 is 0 Å². The van der Waals surface area contributed by atoms with Crippen LogP contribution in [0, 0.1) is 5.92 Å². The molecule has 3 rings (SSSR count). The molecule has 0 aromatic carbocycles. The van der Waals surface area contributed by atoms with Crippen molar-refractivity contribution in [1.82, 2.24) is 10.2 Å². The Morgan fingerprint density at radius 3 is 2.70 bits per heavy atom. The number of hydrogen-bond donors (Lipinski definition) is 2. The van der Waals surface area contributed by atoms with Crippen LogP contribution in [0.4, 0.5) is 0 Å². The lowest BCUT2D eigenvalue weighted by molar-refractivity contribution is -0.145. The van der Waals surface area contributed by atoms with Crippen LogP contribution in [0.1, 0.15) is 58.3 Å². The summed E-state index contributed by atoms with van der Waals surface area (Å²) in [6.45, 7) is 4.66. The van der Waals surface area contributed by atoms with Crippen LogP contribution in [0.2, 0.25) is 0 Å². The standard InChI is InChI=1S/C16H28N2O2/c1-12-3-2-9-18(10-7-12)14-6-8-16(11-14,15(19)20)17-13-4-5-13/h12-14,17H,2-11H2,1H3,(H,19,20). The van der Waals surface area contributed by atoms with Gasteiger partial charge in [-0.15, -0.1) is 0 Å². The lowest BCUT2D eigenvalue weighted by Crippen LogP contribution is -2.52. The Bertz CT molecular complexity index is 369. The molecule has 1 heterocycles. The molecule has 0 amide bonds. The molecule has 4 nitrogen and oxygen atoms in total. The minimum atomic E-state index is -0.635. The SMILES string of the molecule is CC1CCCN(C2CCC(NC3CC3)(C(=O)O)C2)CC1. The molecule has 2 N–H and O–H groups in total. The van der Waals surface area contributed by atoms with Gasteiger partial charge in [0.05, 0.1) is 0 Å². The molecule has 0 bridgehead atoms. The maximum absolute atomic E-state index is 11.8. The van der Waals surface area contributed by atoms with Crippen molar-refractivity contribution in [2.24, 2.45) is 5.92 Å². The molecule has 1 saturated heterocycles. The number of carboxylic acids is 1. The van der Waals surface area contributed by atoms with Gasteiger partial charge in [-0.3, -0.25) is 10.1 Å². The minimum absolute atomic E-state index is 0.467. The topological polar surface area (TPSA) is 52.6 Å². The van der Waals surface area contributed by atoms with Crippen molar-refractivity contribution in [3.63, 3.8) is 0 Å². The highest BCUT2D eigenvalue weighted by Gasteiger charge is 2.49. The third-order valence-corrected chi connectivity index (χ3v) is 5.52. The summed E-state index contributed by atoms with van der Waals surface area (Å²) in [6.07, 6.45) is 8.82. The first-order valence-electron chi connectivity index (χ1n) is 8.34. The van der Waals surface area contributed by atoms with E-state index in [2.05, 4.69) is 17.1 Å². The molecule has 0 aromatic rings. The summed E-state index contributed by atoms with van der Waals surface area (Å²) in [7, 11) is 0. The highest BCUT2D eigenvalue weighted by molar-refractivity contribution is 5.79. The van der Waals surface area contributed by atoms with Crippen molar-refractivity contribution < 1.29 is 9.90 Å². The number of carboxylic acid groups (broad SMARTS) is 1.